The Bertz CT molecular complexity index is 808. The van der Waals surface area contributed by atoms with Crippen LogP contribution in [0.25, 0.3) is 0 Å². The number of rotatable bonds is 7. The van der Waals surface area contributed by atoms with Gasteiger partial charge in [-0.15, -0.1) is 0 Å². The van der Waals surface area contributed by atoms with Crippen LogP contribution in [0.4, 0.5) is 17.1 Å². The molecule has 1 atom stereocenters. The predicted octanol–water partition coefficient (Wildman–Crippen LogP) is 3.64. The number of anilines is 2. The van der Waals surface area contributed by atoms with Crippen LogP contribution >= 0.6 is 15.9 Å². The third kappa shape index (κ3) is 5.01. The maximum absolute atomic E-state index is 11.5. The van der Waals surface area contributed by atoms with E-state index in [0.29, 0.717) is 12.2 Å². The van der Waals surface area contributed by atoms with Crippen molar-refractivity contribution in [2.24, 2.45) is 0 Å². The second-order valence-electron chi connectivity index (χ2n) is 6.93. The molecule has 2 N–H and O–H groups in total. The van der Waals surface area contributed by atoms with Gasteiger partial charge in [-0.05, 0) is 36.8 Å². The zero-order valence-corrected chi connectivity index (χ0v) is 17.4. The Morgan fingerprint density at radius 1 is 1.18 bits per heavy atom. The number of nitro groups is 1. The van der Waals surface area contributed by atoms with Gasteiger partial charge in [-0.3, -0.25) is 15.0 Å². The lowest BCUT2D eigenvalue weighted by Gasteiger charge is -2.36. The summed E-state index contributed by atoms with van der Waals surface area (Å²) in [5.74, 6) is 0. The van der Waals surface area contributed by atoms with Crippen LogP contribution in [0, 0.1) is 10.1 Å². The Morgan fingerprint density at radius 2 is 1.86 bits per heavy atom. The second-order valence-corrected chi connectivity index (χ2v) is 7.84. The van der Waals surface area contributed by atoms with Crippen LogP contribution in [-0.2, 0) is 0 Å². The number of nitrogens with one attached hydrogen (secondary N) is 1. The highest BCUT2D eigenvalue weighted by Crippen LogP contribution is 2.33. The number of hydrogen-bond acceptors (Lipinski definition) is 6. The number of nitro benzene ring substituents is 1. The van der Waals surface area contributed by atoms with E-state index in [9.17, 15) is 10.1 Å². The summed E-state index contributed by atoms with van der Waals surface area (Å²) in [4.78, 5) is 15.6. The molecule has 0 aliphatic carbocycles. The van der Waals surface area contributed by atoms with Gasteiger partial charge >= 0.3 is 0 Å². The van der Waals surface area contributed by atoms with Crippen molar-refractivity contribution in [3.8, 4) is 0 Å². The lowest BCUT2D eigenvalue weighted by molar-refractivity contribution is -0.384. The van der Waals surface area contributed by atoms with Crippen LogP contribution in [0.1, 0.15) is 18.5 Å². The van der Waals surface area contributed by atoms with Gasteiger partial charge in [0.15, 0.2) is 0 Å². The molecule has 0 amide bonds. The molecule has 1 fully saturated rings. The Hall–Kier alpha value is -2.16. The van der Waals surface area contributed by atoms with E-state index in [1.54, 1.807) is 6.07 Å². The summed E-state index contributed by atoms with van der Waals surface area (Å²) >= 11 is 3.43. The Kier molecular flexibility index (Phi) is 6.88. The van der Waals surface area contributed by atoms with Crippen LogP contribution in [0.2, 0.25) is 0 Å². The molecule has 0 aromatic heterocycles. The average Bonchev–Trinajstić information content (AvgIpc) is 2.69. The van der Waals surface area contributed by atoms with Gasteiger partial charge in [-0.25, -0.2) is 0 Å². The maximum Gasteiger partial charge on any atom is 0.292 e. The Morgan fingerprint density at radius 3 is 2.46 bits per heavy atom. The summed E-state index contributed by atoms with van der Waals surface area (Å²) in [6.45, 7) is 6.25. The van der Waals surface area contributed by atoms with E-state index in [4.69, 9.17) is 5.11 Å². The monoisotopic (exact) mass is 448 g/mol. The molecule has 0 bridgehead atoms. The molecule has 2 aromatic carbocycles. The first-order valence-electron chi connectivity index (χ1n) is 9.36. The predicted molar refractivity (Wildman–Crippen MR) is 115 cm³/mol. The van der Waals surface area contributed by atoms with Crippen molar-refractivity contribution in [1.82, 2.24) is 4.90 Å². The first-order chi connectivity index (χ1) is 13.5. The summed E-state index contributed by atoms with van der Waals surface area (Å²) in [5.41, 5.74) is 2.63. The van der Waals surface area contributed by atoms with Crippen molar-refractivity contribution >= 4 is 33.0 Å². The van der Waals surface area contributed by atoms with E-state index in [-0.39, 0.29) is 23.3 Å². The van der Waals surface area contributed by atoms with Gasteiger partial charge in [0, 0.05) is 55.0 Å². The molecule has 8 heteroatoms. The summed E-state index contributed by atoms with van der Waals surface area (Å²) < 4.78 is 0.997. The summed E-state index contributed by atoms with van der Waals surface area (Å²) in [6.07, 6.45) is 0. The first-order valence-corrected chi connectivity index (χ1v) is 10.2. The number of halogens is 1. The molecule has 7 nitrogen and oxygen atoms in total. The van der Waals surface area contributed by atoms with Crippen molar-refractivity contribution in [3.63, 3.8) is 0 Å². The highest BCUT2D eigenvalue weighted by atomic mass is 79.9. The smallest absolute Gasteiger partial charge is 0.292 e. The molecule has 2 aromatic rings. The normalized spacial score (nSPS) is 16.0. The van der Waals surface area contributed by atoms with E-state index in [1.807, 2.05) is 43.3 Å². The van der Waals surface area contributed by atoms with Crippen molar-refractivity contribution in [3.05, 3.63) is 62.6 Å². The van der Waals surface area contributed by atoms with E-state index in [2.05, 4.69) is 31.0 Å². The fourth-order valence-corrected chi connectivity index (χ4v) is 3.70. The number of aliphatic hydroxyl groups excluding tert-OH is 1. The number of aliphatic hydroxyl groups is 1. The minimum atomic E-state index is -0.348. The van der Waals surface area contributed by atoms with Crippen LogP contribution in [0.5, 0.6) is 0 Å². The zero-order valence-electron chi connectivity index (χ0n) is 15.8. The number of piperazine rings is 1. The van der Waals surface area contributed by atoms with Gasteiger partial charge in [0.25, 0.3) is 5.69 Å². The Balaban J connectivity index is 1.78. The third-order valence-electron chi connectivity index (χ3n) is 5.07. The van der Waals surface area contributed by atoms with Crippen molar-refractivity contribution in [1.29, 1.82) is 0 Å². The number of β-amino-alcohol motifs (C(OH)–C–C–N with tert-alkyl or cyclic N) is 1. The van der Waals surface area contributed by atoms with Gasteiger partial charge < -0.3 is 15.3 Å². The minimum absolute atomic E-state index is 0.0662. The van der Waals surface area contributed by atoms with Crippen LogP contribution in [-0.4, -0.2) is 54.3 Å². The van der Waals surface area contributed by atoms with E-state index in [0.717, 1.165) is 41.9 Å². The van der Waals surface area contributed by atoms with E-state index in [1.165, 1.54) is 0 Å². The van der Waals surface area contributed by atoms with E-state index < -0.39 is 0 Å². The molecule has 1 heterocycles. The standard InChI is InChI=1S/C20H25BrN4O3/c1-15(16-2-4-17(21)5-3-16)22-19-14-18(6-7-20(19)25(27)28)24-10-8-23(9-11-24)12-13-26/h2-7,14-15,22,26H,8-13H2,1H3/t15-/m0/s1. The fraction of sp³-hybridized carbons (Fsp3) is 0.400. The minimum Gasteiger partial charge on any atom is -0.395 e. The number of nitrogens with zero attached hydrogens (tertiary/aromatic N) is 3. The highest BCUT2D eigenvalue weighted by Gasteiger charge is 2.21. The average molecular weight is 449 g/mol. The molecule has 0 unspecified atom stereocenters. The van der Waals surface area contributed by atoms with Crippen molar-refractivity contribution in [2.75, 3.05) is 49.5 Å². The van der Waals surface area contributed by atoms with Gasteiger partial charge in [0.2, 0.25) is 0 Å². The molecule has 0 saturated carbocycles. The summed E-state index contributed by atoms with van der Waals surface area (Å²) in [7, 11) is 0. The van der Waals surface area contributed by atoms with Gasteiger partial charge in [0.05, 0.1) is 11.5 Å². The second kappa shape index (κ2) is 9.36. The lowest BCUT2D eigenvalue weighted by Crippen LogP contribution is -2.47. The van der Waals surface area contributed by atoms with E-state index >= 15 is 0 Å². The Labute approximate surface area is 173 Å². The summed E-state index contributed by atoms with van der Waals surface area (Å²) in [5, 5.41) is 23.9. The van der Waals surface area contributed by atoms with Gasteiger partial charge in [0.1, 0.15) is 5.69 Å². The number of hydrogen-bond donors (Lipinski definition) is 2. The quantitative estimate of drug-likeness (QED) is 0.496. The van der Waals surface area contributed by atoms with Crippen LogP contribution in [0.15, 0.2) is 46.9 Å². The molecule has 3 rings (SSSR count). The molecule has 1 aliphatic heterocycles. The molecule has 0 spiro atoms. The van der Waals surface area contributed by atoms with Gasteiger partial charge in [-0.2, -0.15) is 0 Å². The molecular formula is C20H25BrN4O3. The topological polar surface area (TPSA) is 81.9 Å². The first kappa shape index (κ1) is 20.6. The molecule has 28 heavy (non-hydrogen) atoms. The molecule has 1 aliphatic rings. The lowest BCUT2D eigenvalue weighted by atomic mass is 10.1. The van der Waals surface area contributed by atoms with Crippen molar-refractivity contribution in [2.45, 2.75) is 13.0 Å². The van der Waals surface area contributed by atoms with Crippen LogP contribution in [0.3, 0.4) is 0 Å². The largest absolute Gasteiger partial charge is 0.395 e. The van der Waals surface area contributed by atoms with Crippen molar-refractivity contribution < 1.29 is 10.0 Å². The third-order valence-corrected chi connectivity index (χ3v) is 5.60. The molecule has 150 valence electrons. The molecule has 0 radical (unpaired) electrons. The van der Waals surface area contributed by atoms with Gasteiger partial charge in [-0.1, -0.05) is 28.1 Å². The zero-order chi connectivity index (χ0) is 20.1. The summed E-state index contributed by atoms with van der Waals surface area (Å²) in [6, 6.07) is 13.1. The highest BCUT2D eigenvalue weighted by molar-refractivity contribution is 9.10. The fourth-order valence-electron chi connectivity index (χ4n) is 3.43. The SMILES string of the molecule is C[C@H](Nc1cc(N2CCN(CCO)CC2)ccc1[N+](=O)[O-])c1ccc(Br)cc1. The molecule has 1 saturated heterocycles. The maximum atomic E-state index is 11.5. The van der Waals surface area contributed by atoms with Crippen LogP contribution < -0.4 is 10.2 Å². The number of benzene rings is 2. The molecular weight excluding hydrogens is 424 g/mol.